The van der Waals surface area contributed by atoms with Crippen LogP contribution in [0.2, 0.25) is 0 Å². The highest BCUT2D eigenvalue weighted by atomic mass is 79.9. The fraction of sp³-hybridized carbons (Fsp3) is 0.375. The van der Waals surface area contributed by atoms with Gasteiger partial charge in [0.15, 0.2) is 0 Å². The number of carbonyl (C=O) groups excluding carboxylic acids is 1. The number of hydrogen-bond acceptors (Lipinski definition) is 4. The van der Waals surface area contributed by atoms with E-state index in [1.54, 1.807) is 24.0 Å². The van der Waals surface area contributed by atoms with Crippen molar-refractivity contribution < 1.29 is 9.53 Å². The smallest absolute Gasteiger partial charge is 0.246 e. The molecular formula is C16H22BrClN4O2. The molecule has 2 aromatic rings. The van der Waals surface area contributed by atoms with Crippen molar-refractivity contribution >= 4 is 39.9 Å². The third-order valence-corrected chi connectivity index (χ3v) is 3.58. The second-order valence-electron chi connectivity index (χ2n) is 5.50. The molecule has 24 heavy (non-hydrogen) atoms. The minimum absolute atomic E-state index is 0. The van der Waals surface area contributed by atoms with Crippen LogP contribution in [0.5, 0.6) is 5.75 Å². The van der Waals surface area contributed by atoms with Crippen LogP contribution in [0.3, 0.4) is 0 Å². The number of rotatable bonds is 6. The molecular weight excluding hydrogens is 396 g/mol. The third-order valence-electron chi connectivity index (χ3n) is 3.12. The van der Waals surface area contributed by atoms with Crippen molar-refractivity contribution in [3.05, 3.63) is 40.6 Å². The number of aryl methyl sites for hydroxylation is 1. The highest BCUT2D eigenvalue weighted by Crippen LogP contribution is 2.26. The van der Waals surface area contributed by atoms with Gasteiger partial charge in [-0.05, 0) is 33.0 Å². The fourth-order valence-corrected chi connectivity index (χ4v) is 2.70. The van der Waals surface area contributed by atoms with E-state index >= 15 is 0 Å². The van der Waals surface area contributed by atoms with E-state index in [0.29, 0.717) is 11.4 Å². The second-order valence-corrected chi connectivity index (χ2v) is 6.42. The van der Waals surface area contributed by atoms with Gasteiger partial charge in [-0.3, -0.25) is 9.48 Å². The van der Waals surface area contributed by atoms with E-state index < -0.39 is 6.04 Å². The van der Waals surface area contributed by atoms with E-state index in [2.05, 4.69) is 31.7 Å². The van der Waals surface area contributed by atoms with Crippen LogP contribution in [0, 0.1) is 0 Å². The van der Waals surface area contributed by atoms with Crippen molar-refractivity contribution in [3.63, 3.8) is 0 Å². The minimum atomic E-state index is -0.475. The Morgan fingerprint density at radius 2 is 2.04 bits per heavy atom. The molecule has 2 N–H and O–H groups in total. The quantitative estimate of drug-likeness (QED) is 0.757. The molecule has 0 saturated carbocycles. The number of anilines is 1. The summed E-state index contributed by atoms with van der Waals surface area (Å²) in [5, 5.41) is 10.0. The van der Waals surface area contributed by atoms with E-state index in [-0.39, 0.29) is 24.4 Å². The molecule has 0 radical (unpaired) electrons. The summed E-state index contributed by atoms with van der Waals surface area (Å²) in [4.78, 5) is 12.5. The lowest BCUT2D eigenvalue weighted by Crippen LogP contribution is -2.30. The Balaban J connectivity index is 0.00000288. The summed E-state index contributed by atoms with van der Waals surface area (Å²) in [6.07, 6.45) is 3.55. The van der Waals surface area contributed by atoms with Crippen LogP contribution in [-0.2, 0) is 11.8 Å². The Morgan fingerprint density at radius 3 is 2.58 bits per heavy atom. The van der Waals surface area contributed by atoms with Crippen LogP contribution in [0.15, 0.2) is 35.1 Å². The Bertz CT molecular complexity index is 690. The van der Waals surface area contributed by atoms with Crippen LogP contribution < -0.4 is 15.4 Å². The molecule has 0 spiro atoms. The Hall–Kier alpha value is -1.57. The Kier molecular flexibility index (Phi) is 7.72. The highest BCUT2D eigenvalue weighted by Gasteiger charge is 2.20. The van der Waals surface area contributed by atoms with E-state index in [4.69, 9.17) is 4.74 Å². The summed E-state index contributed by atoms with van der Waals surface area (Å²) in [7, 11) is 3.56. The van der Waals surface area contributed by atoms with Crippen LogP contribution >= 0.6 is 28.3 Å². The number of likely N-dealkylation sites (N-methyl/N-ethyl adjacent to an activating group) is 1. The number of hydrogen-bond donors (Lipinski definition) is 2. The number of aromatic nitrogens is 2. The maximum Gasteiger partial charge on any atom is 0.246 e. The van der Waals surface area contributed by atoms with Crippen LogP contribution in [0.1, 0.15) is 25.5 Å². The Morgan fingerprint density at radius 1 is 1.33 bits per heavy atom. The number of carbonyl (C=O) groups is 1. The Labute approximate surface area is 156 Å². The summed E-state index contributed by atoms with van der Waals surface area (Å²) >= 11 is 3.43. The largest absolute Gasteiger partial charge is 0.491 e. The fourth-order valence-electron chi connectivity index (χ4n) is 2.23. The van der Waals surface area contributed by atoms with Gasteiger partial charge in [0, 0.05) is 35.0 Å². The molecule has 132 valence electrons. The van der Waals surface area contributed by atoms with Gasteiger partial charge in [0.1, 0.15) is 11.8 Å². The molecule has 0 aliphatic carbocycles. The lowest BCUT2D eigenvalue weighted by atomic mass is 10.1. The number of ether oxygens (including phenoxy) is 1. The molecule has 1 heterocycles. The van der Waals surface area contributed by atoms with Gasteiger partial charge in [-0.15, -0.1) is 12.4 Å². The zero-order valence-electron chi connectivity index (χ0n) is 14.0. The number of nitrogens with one attached hydrogen (secondary N) is 2. The third kappa shape index (κ3) is 5.51. The minimum Gasteiger partial charge on any atom is -0.491 e. The van der Waals surface area contributed by atoms with Crippen molar-refractivity contribution in [3.8, 4) is 5.75 Å². The zero-order chi connectivity index (χ0) is 17.0. The molecule has 0 saturated heterocycles. The molecule has 1 aromatic carbocycles. The van der Waals surface area contributed by atoms with Gasteiger partial charge in [-0.2, -0.15) is 5.10 Å². The van der Waals surface area contributed by atoms with E-state index in [9.17, 15) is 4.79 Å². The standard InChI is InChI=1S/C16H21BrN4O2.ClH/c1-10(2)23-14-6-12(17)5-13(7-14)20-16(22)15(18-3)11-8-19-21(4)9-11;/h5-10,15,18H,1-4H3,(H,20,22);1H. The SMILES string of the molecule is CNC(C(=O)Nc1cc(Br)cc(OC(C)C)c1)c1cnn(C)c1.Cl. The van der Waals surface area contributed by atoms with E-state index in [1.165, 1.54) is 0 Å². The van der Waals surface area contributed by atoms with Crippen LogP contribution in [-0.4, -0.2) is 28.8 Å². The average Bonchev–Trinajstić information content (AvgIpc) is 2.84. The van der Waals surface area contributed by atoms with Gasteiger partial charge in [0.2, 0.25) is 5.91 Å². The normalized spacial score (nSPS) is 11.8. The molecule has 1 aromatic heterocycles. The number of amides is 1. The first-order valence-electron chi connectivity index (χ1n) is 7.33. The highest BCUT2D eigenvalue weighted by molar-refractivity contribution is 9.10. The summed E-state index contributed by atoms with van der Waals surface area (Å²) in [5.41, 5.74) is 1.48. The van der Waals surface area contributed by atoms with Crippen LogP contribution in [0.4, 0.5) is 5.69 Å². The maximum absolute atomic E-state index is 12.5. The molecule has 0 bridgehead atoms. The molecule has 0 fully saturated rings. The number of nitrogens with zero attached hydrogens (tertiary/aromatic N) is 2. The molecule has 0 aliphatic heterocycles. The summed E-state index contributed by atoms with van der Waals surface area (Å²) in [6.45, 7) is 3.91. The van der Waals surface area contributed by atoms with E-state index in [0.717, 1.165) is 10.0 Å². The van der Waals surface area contributed by atoms with Gasteiger partial charge in [0.05, 0.1) is 12.3 Å². The summed E-state index contributed by atoms with van der Waals surface area (Å²) in [5.74, 6) is 0.543. The van der Waals surface area contributed by atoms with Crippen molar-refractivity contribution in [2.75, 3.05) is 12.4 Å². The predicted octanol–water partition coefficient (Wildman–Crippen LogP) is 3.29. The van der Waals surface area contributed by atoms with Gasteiger partial charge in [-0.25, -0.2) is 0 Å². The van der Waals surface area contributed by atoms with Crippen molar-refractivity contribution in [1.29, 1.82) is 0 Å². The molecule has 2 rings (SSSR count). The van der Waals surface area contributed by atoms with Crippen molar-refractivity contribution in [2.24, 2.45) is 7.05 Å². The van der Waals surface area contributed by atoms with Crippen molar-refractivity contribution in [1.82, 2.24) is 15.1 Å². The van der Waals surface area contributed by atoms with Crippen molar-refractivity contribution in [2.45, 2.75) is 26.0 Å². The molecule has 6 nitrogen and oxygen atoms in total. The second kappa shape index (κ2) is 9.05. The first kappa shape index (κ1) is 20.5. The lowest BCUT2D eigenvalue weighted by molar-refractivity contribution is -0.118. The average molecular weight is 418 g/mol. The predicted molar refractivity (Wildman–Crippen MR) is 101 cm³/mol. The molecule has 1 atom stereocenters. The summed E-state index contributed by atoms with van der Waals surface area (Å²) < 4.78 is 8.19. The molecule has 8 heteroatoms. The summed E-state index contributed by atoms with van der Waals surface area (Å²) in [6, 6.07) is 5.03. The first-order chi connectivity index (χ1) is 10.9. The molecule has 1 amide bonds. The maximum atomic E-state index is 12.5. The van der Waals surface area contributed by atoms with Crippen LogP contribution in [0.25, 0.3) is 0 Å². The topological polar surface area (TPSA) is 68.2 Å². The molecule has 1 unspecified atom stereocenters. The van der Waals surface area contributed by atoms with E-state index in [1.807, 2.05) is 39.2 Å². The zero-order valence-corrected chi connectivity index (χ0v) is 16.4. The monoisotopic (exact) mass is 416 g/mol. The number of halogens is 2. The number of benzene rings is 1. The lowest BCUT2D eigenvalue weighted by Gasteiger charge is -2.16. The van der Waals surface area contributed by atoms with Gasteiger partial charge in [0.25, 0.3) is 0 Å². The van der Waals surface area contributed by atoms with Gasteiger partial charge < -0.3 is 15.4 Å². The van der Waals surface area contributed by atoms with Gasteiger partial charge >= 0.3 is 0 Å². The molecule has 0 aliphatic rings. The van der Waals surface area contributed by atoms with Gasteiger partial charge in [-0.1, -0.05) is 15.9 Å². The first-order valence-corrected chi connectivity index (χ1v) is 8.12.